The molecule has 0 atom stereocenters. The highest BCUT2D eigenvalue weighted by Gasteiger charge is 2.21. The number of hydrogen-bond acceptors (Lipinski definition) is 6. The molecular formula is C17H17N3O5. The number of hydrogen-bond donors (Lipinski definition) is 2. The Hall–Kier alpha value is -3.29. The normalized spacial score (nSPS) is 10.7. The summed E-state index contributed by atoms with van der Waals surface area (Å²) >= 11 is 0. The molecular weight excluding hydrogens is 326 g/mol. The molecule has 0 radical (unpaired) electrons. The van der Waals surface area contributed by atoms with Crippen LogP contribution in [0.3, 0.4) is 0 Å². The van der Waals surface area contributed by atoms with Crippen LogP contribution in [0.15, 0.2) is 33.7 Å². The quantitative estimate of drug-likeness (QED) is 0.731. The molecule has 2 aromatic heterocycles. The number of amides is 1. The van der Waals surface area contributed by atoms with Crippen molar-refractivity contribution in [2.24, 2.45) is 0 Å². The Morgan fingerprint density at radius 1 is 1.32 bits per heavy atom. The maximum atomic E-state index is 12.6. The monoisotopic (exact) mass is 343 g/mol. The van der Waals surface area contributed by atoms with Gasteiger partial charge in [0, 0.05) is 12.1 Å². The molecule has 0 saturated carbocycles. The lowest BCUT2D eigenvalue weighted by atomic mass is 10.1. The van der Waals surface area contributed by atoms with Crippen molar-refractivity contribution < 1.29 is 18.7 Å². The van der Waals surface area contributed by atoms with Crippen molar-refractivity contribution in [3.8, 4) is 11.5 Å². The van der Waals surface area contributed by atoms with E-state index in [9.17, 15) is 9.59 Å². The molecule has 0 aliphatic carbocycles. The Labute approximate surface area is 142 Å². The minimum atomic E-state index is -0.431. The van der Waals surface area contributed by atoms with Crippen molar-refractivity contribution in [2.45, 2.75) is 13.5 Å². The molecule has 0 unspecified atom stereocenters. The number of aromatic amines is 1. The zero-order valence-corrected chi connectivity index (χ0v) is 14.0. The summed E-state index contributed by atoms with van der Waals surface area (Å²) in [6, 6.07) is 5.30. The van der Waals surface area contributed by atoms with E-state index in [-0.39, 0.29) is 23.2 Å². The zero-order chi connectivity index (χ0) is 18.0. The lowest BCUT2D eigenvalue weighted by molar-refractivity contribution is 0.0950. The van der Waals surface area contributed by atoms with Crippen LogP contribution in [0.2, 0.25) is 0 Å². The fourth-order valence-electron chi connectivity index (χ4n) is 2.61. The molecule has 2 heterocycles. The number of aromatic nitrogens is 2. The van der Waals surface area contributed by atoms with E-state index in [2.05, 4.69) is 15.3 Å². The summed E-state index contributed by atoms with van der Waals surface area (Å²) < 4.78 is 15.9. The predicted octanol–water partition coefficient (Wildman–Crippen LogP) is 1.77. The third-order valence-electron chi connectivity index (χ3n) is 3.82. The number of methoxy groups -OCH3 is 2. The van der Waals surface area contributed by atoms with Crippen LogP contribution in [-0.2, 0) is 6.54 Å². The van der Waals surface area contributed by atoms with Crippen LogP contribution in [0.4, 0.5) is 0 Å². The van der Waals surface area contributed by atoms with Gasteiger partial charge in [0.15, 0.2) is 0 Å². The fraction of sp³-hybridized carbons (Fsp3) is 0.235. The molecule has 0 aliphatic rings. The van der Waals surface area contributed by atoms with Gasteiger partial charge < -0.3 is 24.2 Å². The molecule has 0 saturated heterocycles. The van der Waals surface area contributed by atoms with E-state index in [4.69, 9.17) is 13.9 Å². The van der Waals surface area contributed by atoms with E-state index in [0.29, 0.717) is 17.3 Å². The molecule has 2 N–H and O–H groups in total. The molecule has 0 aliphatic heterocycles. The maximum Gasteiger partial charge on any atom is 0.262 e. The molecule has 0 spiro atoms. The first-order valence-corrected chi connectivity index (χ1v) is 7.51. The summed E-state index contributed by atoms with van der Waals surface area (Å²) in [5, 5.41) is 2.91. The Morgan fingerprint density at radius 3 is 2.84 bits per heavy atom. The van der Waals surface area contributed by atoms with Crippen LogP contribution < -0.4 is 20.3 Å². The number of nitrogens with zero attached hydrogens (tertiary/aromatic N) is 1. The van der Waals surface area contributed by atoms with E-state index >= 15 is 0 Å². The topological polar surface area (TPSA) is 106 Å². The Balaban J connectivity index is 1.89. The van der Waals surface area contributed by atoms with Gasteiger partial charge in [-0.25, -0.2) is 4.98 Å². The zero-order valence-electron chi connectivity index (χ0n) is 14.0. The van der Waals surface area contributed by atoms with E-state index < -0.39 is 11.5 Å². The minimum Gasteiger partial charge on any atom is -0.497 e. The largest absolute Gasteiger partial charge is 0.497 e. The first-order chi connectivity index (χ1) is 12.0. The summed E-state index contributed by atoms with van der Waals surface area (Å²) in [6.07, 6.45) is 1.23. The molecule has 1 aromatic carbocycles. The summed E-state index contributed by atoms with van der Waals surface area (Å²) in [6.45, 7) is 1.81. The molecule has 130 valence electrons. The summed E-state index contributed by atoms with van der Waals surface area (Å²) in [5.41, 5.74) is 0.621. The van der Waals surface area contributed by atoms with Crippen molar-refractivity contribution in [2.75, 3.05) is 14.2 Å². The molecule has 8 nitrogen and oxygen atoms in total. The van der Waals surface area contributed by atoms with Crippen molar-refractivity contribution in [1.82, 2.24) is 15.3 Å². The van der Waals surface area contributed by atoms with Gasteiger partial charge in [0.2, 0.25) is 5.71 Å². The molecule has 0 bridgehead atoms. The van der Waals surface area contributed by atoms with Gasteiger partial charge in [0.05, 0.1) is 26.1 Å². The number of fused-ring (bicyclic) bond motifs is 1. The van der Waals surface area contributed by atoms with Crippen LogP contribution in [0, 0.1) is 6.92 Å². The van der Waals surface area contributed by atoms with Gasteiger partial charge in [-0.05, 0) is 25.1 Å². The second kappa shape index (κ2) is 6.68. The number of benzene rings is 1. The number of nitrogens with one attached hydrogen (secondary N) is 2. The molecule has 0 fully saturated rings. The highest BCUT2D eigenvalue weighted by molar-refractivity contribution is 6.06. The van der Waals surface area contributed by atoms with Gasteiger partial charge in [-0.15, -0.1) is 0 Å². The van der Waals surface area contributed by atoms with Gasteiger partial charge in [0.25, 0.3) is 11.5 Å². The smallest absolute Gasteiger partial charge is 0.262 e. The molecule has 3 rings (SSSR count). The summed E-state index contributed by atoms with van der Waals surface area (Å²) in [5.74, 6) is 1.17. The third-order valence-corrected chi connectivity index (χ3v) is 3.82. The third kappa shape index (κ3) is 3.06. The second-order valence-electron chi connectivity index (χ2n) is 5.31. The van der Waals surface area contributed by atoms with Crippen LogP contribution in [0.1, 0.15) is 21.7 Å². The van der Waals surface area contributed by atoms with Crippen molar-refractivity contribution in [3.05, 3.63) is 51.8 Å². The van der Waals surface area contributed by atoms with E-state index in [1.165, 1.54) is 6.33 Å². The molecule has 1 amide bonds. The minimum absolute atomic E-state index is 0.130. The van der Waals surface area contributed by atoms with Crippen LogP contribution in [0.5, 0.6) is 11.5 Å². The number of rotatable bonds is 5. The van der Waals surface area contributed by atoms with Gasteiger partial charge in [-0.1, -0.05) is 0 Å². The van der Waals surface area contributed by atoms with Gasteiger partial charge in [0.1, 0.15) is 22.6 Å². The number of ether oxygens (including phenoxy) is 2. The Bertz CT molecular complexity index is 990. The van der Waals surface area contributed by atoms with Gasteiger partial charge in [-0.3, -0.25) is 9.59 Å². The van der Waals surface area contributed by atoms with Crippen molar-refractivity contribution in [3.63, 3.8) is 0 Å². The first kappa shape index (κ1) is 16.6. The van der Waals surface area contributed by atoms with Crippen LogP contribution >= 0.6 is 0 Å². The van der Waals surface area contributed by atoms with Crippen molar-refractivity contribution in [1.29, 1.82) is 0 Å². The van der Waals surface area contributed by atoms with Gasteiger partial charge in [-0.2, -0.15) is 0 Å². The van der Waals surface area contributed by atoms with Gasteiger partial charge >= 0.3 is 0 Å². The second-order valence-corrected chi connectivity index (χ2v) is 5.31. The van der Waals surface area contributed by atoms with Crippen LogP contribution in [-0.4, -0.2) is 30.1 Å². The predicted molar refractivity (Wildman–Crippen MR) is 90.1 cm³/mol. The number of carbonyl (C=O) groups excluding carboxylic acids is 1. The summed E-state index contributed by atoms with van der Waals surface area (Å²) in [4.78, 5) is 31.0. The SMILES string of the molecule is COc1ccc(OC)c(CNC(=O)c2c(C)oc3nc[nH]c(=O)c23)c1. The average molecular weight is 343 g/mol. The number of carbonyl (C=O) groups is 1. The average Bonchev–Trinajstić information content (AvgIpc) is 2.96. The van der Waals surface area contributed by atoms with E-state index in [0.717, 1.165) is 5.56 Å². The number of furan rings is 1. The molecule has 3 aromatic rings. The number of H-pyrrole nitrogens is 1. The Kier molecular flexibility index (Phi) is 4.42. The van der Waals surface area contributed by atoms with Crippen molar-refractivity contribution >= 4 is 17.0 Å². The standard InChI is InChI=1S/C17H17N3O5/c1-9-13(14-16(22)19-8-20-17(14)25-9)15(21)18-7-10-6-11(23-2)4-5-12(10)24-3/h4-6,8H,7H2,1-3H3,(H,18,21)(H,19,20,22). The highest BCUT2D eigenvalue weighted by Crippen LogP contribution is 2.24. The summed E-state index contributed by atoms with van der Waals surface area (Å²) in [7, 11) is 3.11. The van der Waals surface area contributed by atoms with E-state index in [1.54, 1.807) is 39.3 Å². The maximum absolute atomic E-state index is 12.6. The Morgan fingerprint density at radius 2 is 2.12 bits per heavy atom. The molecule has 8 heteroatoms. The number of aryl methyl sites for hydroxylation is 1. The lowest BCUT2D eigenvalue weighted by Crippen LogP contribution is -2.24. The first-order valence-electron chi connectivity index (χ1n) is 7.51. The van der Waals surface area contributed by atoms with E-state index in [1.807, 2.05) is 0 Å². The molecule has 25 heavy (non-hydrogen) atoms. The lowest BCUT2D eigenvalue weighted by Gasteiger charge is -2.11. The fourth-order valence-corrected chi connectivity index (χ4v) is 2.61. The van der Waals surface area contributed by atoms with Crippen LogP contribution in [0.25, 0.3) is 11.1 Å². The highest BCUT2D eigenvalue weighted by atomic mass is 16.5.